The molecule has 0 amide bonds. The predicted octanol–water partition coefficient (Wildman–Crippen LogP) is 3.75. The van der Waals surface area contributed by atoms with E-state index in [-0.39, 0.29) is 16.7 Å². The Balaban J connectivity index is 1.87. The van der Waals surface area contributed by atoms with Gasteiger partial charge in [0.25, 0.3) is 0 Å². The fourth-order valence-electron chi connectivity index (χ4n) is 3.23. The van der Waals surface area contributed by atoms with Gasteiger partial charge in [0.1, 0.15) is 0 Å². The lowest BCUT2D eigenvalue weighted by atomic mass is 10.1. The molecule has 0 radical (unpaired) electrons. The number of benzene rings is 1. The number of hydrogen-bond acceptors (Lipinski definition) is 4. The Morgan fingerprint density at radius 3 is 2.63 bits per heavy atom. The van der Waals surface area contributed by atoms with Gasteiger partial charge in [-0.05, 0) is 45.4 Å². The molecular formula is C20H24N4O2S. The topological polar surface area (TPSA) is 72.7 Å². The molecule has 142 valence electrons. The van der Waals surface area contributed by atoms with E-state index in [4.69, 9.17) is 0 Å². The molecule has 0 bridgehead atoms. The van der Waals surface area contributed by atoms with Gasteiger partial charge in [-0.3, -0.25) is 9.36 Å². The van der Waals surface area contributed by atoms with Crippen LogP contribution in [0.1, 0.15) is 42.0 Å². The molecule has 0 saturated heterocycles. The molecule has 27 heavy (non-hydrogen) atoms. The molecule has 1 aromatic carbocycles. The first-order chi connectivity index (χ1) is 12.9. The summed E-state index contributed by atoms with van der Waals surface area (Å²) in [4.78, 5) is 24.9. The summed E-state index contributed by atoms with van der Waals surface area (Å²) >= 11 is 1.32. The highest BCUT2D eigenvalue weighted by molar-refractivity contribution is 8.00. The molecule has 0 saturated carbocycles. The second-order valence-corrected chi connectivity index (χ2v) is 7.85. The maximum atomic E-state index is 13.1. The normalized spacial score (nSPS) is 12.3. The Labute approximate surface area is 162 Å². The van der Waals surface area contributed by atoms with E-state index < -0.39 is 0 Å². The van der Waals surface area contributed by atoms with E-state index in [0.29, 0.717) is 17.3 Å². The molecule has 2 heterocycles. The third-order valence-corrected chi connectivity index (χ3v) is 5.62. The summed E-state index contributed by atoms with van der Waals surface area (Å²) in [7, 11) is 0. The largest absolute Gasteiger partial charge is 0.343 e. The van der Waals surface area contributed by atoms with Crippen molar-refractivity contribution in [3.63, 3.8) is 0 Å². The van der Waals surface area contributed by atoms with Gasteiger partial charge in [-0.15, -0.1) is 5.10 Å². The highest BCUT2D eigenvalue weighted by atomic mass is 32.2. The Kier molecular flexibility index (Phi) is 5.70. The number of para-hydroxylation sites is 1. The van der Waals surface area contributed by atoms with E-state index in [0.717, 1.165) is 23.5 Å². The summed E-state index contributed by atoms with van der Waals surface area (Å²) in [6.07, 6.45) is 0.827. The zero-order valence-corrected chi connectivity index (χ0v) is 16.8. The smallest absolute Gasteiger partial charge is 0.318 e. The standard InChI is InChI=1S/C20H24N4O2S/c1-5-11-23-19(26)21-22-20(23)27-15(4)18(25)17-12-13(2)24(14(17)3)16-9-7-6-8-10-16/h6-10,12,15H,5,11H2,1-4H3,(H,21,26)/t15-/m0/s1. The van der Waals surface area contributed by atoms with Crippen LogP contribution in [0.5, 0.6) is 0 Å². The van der Waals surface area contributed by atoms with Gasteiger partial charge in [-0.1, -0.05) is 36.9 Å². The van der Waals surface area contributed by atoms with Gasteiger partial charge in [0.05, 0.1) is 5.25 Å². The lowest BCUT2D eigenvalue weighted by molar-refractivity contribution is 0.0993. The number of nitrogens with zero attached hydrogens (tertiary/aromatic N) is 3. The summed E-state index contributed by atoms with van der Waals surface area (Å²) in [5.74, 6) is 0.0359. The summed E-state index contributed by atoms with van der Waals surface area (Å²) in [5.41, 5.74) is 3.44. The van der Waals surface area contributed by atoms with E-state index in [9.17, 15) is 9.59 Å². The monoisotopic (exact) mass is 384 g/mol. The molecular weight excluding hydrogens is 360 g/mol. The van der Waals surface area contributed by atoms with Crippen LogP contribution < -0.4 is 5.69 Å². The number of ketones is 1. The first-order valence-electron chi connectivity index (χ1n) is 9.04. The number of aromatic amines is 1. The summed E-state index contributed by atoms with van der Waals surface area (Å²) in [5, 5.41) is 6.76. The second-order valence-electron chi connectivity index (χ2n) is 6.54. The van der Waals surface area contributed by atoms with E-state index >= 15 is 0 Å². The van der Waals surface area contributed by atoms with Crippen molar-refractivity contribution in [2.24, 2.45) is 0 Å². The Bertz CT molecular complexity index is 1000. The lowest BCUT2D eigenvalue weighted by Gasteiger charge is -2.12. The van der Waals surface area contributed by atoms with Crippen molar-refractivity contribution in [3.8, 4) is 5.69 Å². The average molecular weight is 385 g/mol. The number of Topliss-reactive ketones (excluding diaryl/α,β-unsaturated/α-hetero) is 1. The number of hydrogen-bond donors (Lipinski definition) is 1. The maximum Gasteiger partial charge on any atom is 0.343 e. The average Bonchev–Trinajstić information content (AvgIpc) is 3.15. The van der Waals surface area contributed by atoms with Crippen LogP contribution >= 0.6 is 11.8 Å². The molecule has 1 atom stereocenters. The van der Waals surface area contributed by atoms with Gasteiger partial charge in [-0.2, -0.15) is 0 Å². The van der Waals surface area contributed by atoms with Gasteiger partial charge in [-0.25, -0.2) is 9.89 Å². The number of aryl methyl sites for hydroxylation is 1. The van der Waals surface area contributed by atoms with Crippen molar-refractivity contribution in [2.45, 2.75) is 51.1 Å². The third kappa shape index (κ3) is 3.78. The number of H-pyrrole nitrogens is 1. The number of aromatic nitrogens is 4. The molecule has 0 unspecified atom stereocenters. The van der Waals surface area contributed by atoms with Crippen molar-refractivity contribution in [3.05, 3.63) is 63.8 Å². The minimum absolute atomic E-state index is 0.0359. The molecule has 0 fully saturated rings. The van der Waals surface area contributed by atoms with Crippen molar-refractivity contribution >= 4 is 17.5 Å². The van der Waals surface area contributed by atoms with Gasteiger partial charge < -0.3 is 4.57 Å². The Hall–Kier alpha value is -2.54. The second kappa shape index (κ2) is 8.00. The number of nitrogens with one attached hydrogen (secondary N) is 1. The van der Waals surface area contributed by atoms with Crippen LogP contribution in [0.15, 0.2) is 46.3 Å². The van der Waals surface area contributed by atoms with Gasteiger partial charge in [0.2, 0.25) is 0 Å². The summed E-state index contributed by atoms with van der Waals surface area (Å²) in [6, 6.07) is 11.9. The first kappa shape index (κ1) is 19.2. The Morgan fingerprint density at radius 2 is 1.96 bits per heavy atom. The van der Waals surface area contributed by atoms with Crippen LogP contribution in [0.3, 0.4) is 0 Å². The van der Waals surface area contributed by atoms with Gasteiger partial charge in [0.15, 0.2) is 10.9 Å². The minimum atomic E-state index is -0.347. The van der Waals surface area contributed by atoms with E-state index in [1.54, 1.807) is 4.57 Å². The molecule has 2 aromatic heterocycles. The maximum absolute atomic E-state index is 13.1. The van der Waals surface area contributed by atoms with Gasteiger partial charge >= 0.3 is 5.69 Å². The molecule has 1 N–H and O–H groups in total. The summed E-state index contributed by atoms with van der Waals surface area (Å²) < 4.78 is 3.67. The van der Waals surface area contributed by atoms with Crippen molar-refractivity contribution in [1.29, 1.82) is 0 Å². The van der Waals surface area contributed by atoms with E-state index in [1.165, 1.54) is 11.8 Å². The first-order valence-corrected chi connectivity index (χ1v) is 9.92. The molecule has 0 spiro atoms. The number of thioether (sulfide) groups is 1. The molecule has 0 aliphatic carbocycles. The highest BCUT2D eigenvalue weighted by Crippen LogP contribution is 2.27. The van der Waals surface area contributed by atoms with Gasteiger partial charge in [0, 0.05) is 29.2 Å². The molecule has 3 aromatic rings. The van der Waals surface area contributed by atoms with Crippen LogP contribution in [0.2, 0.25) is 0 Å². The van der Waals surface area contributed by atoms with E-state index in [1.807, 2.05) is 64.1 Å². The zero-order valence-electron chi connectivity index (χ0n) is 16.0. The van der Waals surface area contributed by atoms with Crippen LogP contribution in [0.4, 0.5) is 0 Å². The fourth-order valence-corrected chi connectivity index (χ4v) is 4.18. The lowest BCUT2D eigenvalue weighted by Crippen LogP contribution is -2.19. The molecule has 0 aliphatic heterocycles. The SMILES string of the molecule is CCCn1c(S[C@@H](C)C(=O)c2cc(C)n(-c3ccccc3)c2C)n[nH]c1=O. The van der Waals surface area contributed by atoms with Crippen LogP contribution in [-0.4, -0.2) is 30.4 Å². The van der Waals surface area contributed by atoms with Crippen molar-refractivity contribution in [2.75, 3.05) is 0 Å². The molecule has 0 aliphatic rings. The summed E-state index contributed by atoms with van der Waals surface area (Å²) in [6.45, 7) is 8.41. The van der Waals surface area contributed by atoms with E-state index in [2.05, 4.69) is 14.8 Å². The number of rotatable bonds is 7. The Morgan fingerprint density at radius 1 is 1.26 bits per heavy atom. The molecule has 3 rings (SSSR count). The highest BCUT2D eigenvalue weighted by Gasteiger charge is 2.24. The van der Waals surface area contributed by atoms with Crippen LogP contribution in [0, 0.1) is 13.8 Å². The number of carbonyl (C=O) groups is 1. The third-order valence-electron chi connectivity index (χ3n) is 4.53. The minimum Gasteiger partial charge on any atom is -0.318 e. The molecule has 6 nitrogen and oxygen atoms in total. The fraction of sp³-hybridized carbons (Fsp3) is 0.350. The zero-order chi connectivity index (χ0) is 19.6. The van der Waals surface area contributed by atoms with Crippen molar-refractivity contribution in [1.82, 2.24) is 19.3 Å². The van der Waals surface area contributed by atoms with Crippen LogP contribution in [-0.2, 0) is 6.54 Å². The van der Waals surface area contributed by atoms with Crippen LogP contribution in [0.25, 0.3) is 5.69 Å². The number of carbonyl (C=O) groups excluding carboxylic acids is 1. The van der Waals surface area contributed by atoms with Crippen molar-refractivity contribution < 1.29 is 4.79 Å². The quantitative estimate of drug-likeness (QED) is 0.497. The molecule has 7 heteroatoms. The predicted molar refractivity (Wildman–Crippen MR) is 108 cm³/mol.